The number of nitrogens with zero attached hydrogens (tertiary/aromatic N) is 1. The molecule has 2 rings (SSSR count). The average Bonchev–Trinajstić information content (AvgIpc) is 2.19. The minimum atomic E-state index is -0.305. The molecule has 1 aromatic carbocycles. The number of hydrogen-bond acceptors (Lipinski definition) is 2. The number of aromatic nitrogens is 2. The van der Waals surface area contributed by atoms with Gasteiger partial charge in [-0.3, -0.25) is 4.79 Å². The normalized spacial score (nSPS) is 10.4. The first kappa shape index (κ1) is 11.5. The Hall–Kier alpha value is -1.03. The Morgan fingerprint density at radius 2 is 1.75 bits per heavy atom. The predicted octanol–water partition coefficient (Wildman–Crippen LogP) is 3.40. The topological polar surface area (TPSA) is 45.8 Å². The molecular weight excluding hydrogens is 270 g/mol. The van der Waals surface area contributed by atoms with Crippen LogP contribution in [0, 0.1) is 0 Å². The summed E-state index contributed by atoms with van der Waals surface area (Å²) in [5.41, 5.74) is 0.442. The fourth-order valence-corrected chi connectivity index (χ4v) is 2.34. The molecule has 82 valence electrons. The molecule has 0 aliphatic heterocycles. The summed E-state index contributed by atoms with van der Waals surface area (Å²) in [6, 6.07) is 3.05. The van der Waals surface area contributed by atoms with Gasteiger partial charge in [0.15, 0.2) is 0 Å². The van der Waals surface area contributed by atoms with Gasteiger partial charge in [0.2, 0.25) is 0 Å². The van der Waals surface area contributed by atoms with Crippen molar-refractivity contribution in [3.05, 3.63) is 50.1 Å². The zero-order valence-electron chi connectivity index (χ0n) is 7.80. The smallest absolute Gasteiger partial charge is 0.258 e. The van der Waals surface area contributed by atoms with Gasteiger partial charge in [0, 0.05) is 16.8 Å². The quantitative estimate of drug-likeness (QED) is 0.867. The predicted molar refractivity (Wildman–Crippen MR) is 65.3 cm³/mol. The van der Waals surface area contributed by atoms with Crippen molar-refractivity contribution in [1.29, 1.82) is 0 Å². The molecule has 0 amide bonds. The molecule has 0 saturated carbocycles. The second-order valence-corrected chi connectivity index (χ2v) is 4.29. The first-order chi connectivity index (χ1) is 7.59. The monoisotopic (exact) mass is 274 g/mol. The molecule has 0 fully saturated rings. The summed E-state index contributed by atoms with van der Waals surface area (Å²) in [6.07, 6.45) is 2.70. The fourth-order valence-electron chi connectivity index (χ4n) is 1.32. The van der Waals surface area contributed by atoms with Crippen molar-refractivity contribution in [3.8, 4) is 11.1 Å². The third-order valence-corrected chi connectivity index (χ3v) is 2.81. The molecule has 0 aliphatic rings. The Kier molecular flexibility index (Phi) is 3.19. The van der Waals surface area contributed by atoms with Gasteiger partial charge in [0.05, 0.1) is 21.9 Å². The molecule has 0 aliphatic carbocycles. The summed E-state index contributed by atoms with van der Waals surface area (Å²) < 4.78 is 0. The Balaban J connectivity index is 2.75. The number of aromatic amines is 1. The van der Waals surface area contributed by atoms with Gasteiger partial charge < -0.3 is 4.98 Å². The lowest BCUT2D eigenvalue weighted by Gasteiger charge is -2.06. The number of halogens is 3. The Morgan fingerprint density at radius 1 is 1.12 bits per heavy atom. The van der Waals surface area contributed by atoms with Crippen LogP contribution in [0.25, 0.3) is 11.1 Å². The van der Waals surface area contributed by atoms with Gasteiger partial charge in [-0.05, 0) is 12.1 Å². The molecule has 2 aromatic rings. The maximum absolute atomic E-state index is 11.6. The van der Waals surface area contributed by atoms with Crippen molar-refractivity contribution in [3.63, 3.8) is 0 Å². The summed E-state index contributed by atoms with van der Waals surface area (Å²) in [5.74, 6) is 0. The second kappa shape index (κ2) is 4.45. The van der Waals surface area contributed by atoms with Crippen LogP contribution < -0.4 is 5.56 Å². The van der Waals surface area contributed by atoms with E-state index >= 15 is 0 Å². The van der Waals surface area contributed by atoms with Crippen molar-refractivity contribution in [2.24, 2.45) is 0 Å². The molecule has 0 bridgehead atoms. The number of H-pyrrole nitrogens is 1. The van der Waals surface area contributed by atoms with E-state index in [1.807, 2.05) is 0 Å². The van der Waals surface area contributed by atoms with Gasteiger partial charge >= 0.3 is 0 Å². The summed E-state index contributed by atoms with van der Waals surface area (Å²) in [6.45, 7) is 0. The van der Waals surface area contributed by atoms with Crippen LogP contribution in [-0.4, -0.2) is 9.97 Å². The van der Waals surface area contributed by atoms with Crippen molar-refractivity contribution in [2.75, 3.05) is 0 Å². The SMILES string of the molecule is O=c1[nH]cncc1-c1c(Cl)cc(Cl)cc1Cl. The number of hydrogen-bond donors (Lipinski definition) is 1. The highest BCUT2D eigenvalue weighted by molar-refractivity contribution is 6.41. The van der Waals surface area contributed by atoms with Crippen molar-refractivity contribution >= 4 is 34.8 Å². The molecule has 16 heavy (non-hydrogen) atoms. The van der Waals surface area contributed by atoms with E-state index in [1.54, 1.807) is 0 Å². The van der Waals surface area contributed by atoms with Gasteiger partial charge in [0.25, 0.3) is 5.56 Å². The lowest BCUT2D eigenvalue weighted by Crippen LogP contribution is -2.08. The molecular formula is C10H5Cl3N2O. The molecule has 1 N–H and O–H groups in total. The minimum absolute atomic E-state index is 0.305. The highest BCUT2D eigenvalue weighted by atomic mass is 35.5. The highest BCUT2D eigenvalue weighted by Gasteiger charge is 2.13. The van der Waals surface area contributed by atoms with E-state index in [0.29, 0.717) is 26.2 Å². The Labute approximate surface area is 106 Å². The molecule has 0 saturated heterocycles. The maximum Gasteiger partial charge on any atom is 0.258 e. The Bertz CT molecular complexity index is 572. The Morgan fingerprint density at radius 3 is 2.31 bits per heavy atom. The van der Waals surface area contributed by atoms with Gasteiger partial charge in [-0.2, -0.15) is 0 Å². The summed E-state index contributed by atoms with van der Waals surface area (Å²) >= 11 is 17.8. The van der Waals surface area contributed by atoms with E-state index in [9.17, 15) is 4.79 Å². The highest BCUT2D eigenvalue weighted by Crippen LogP contribution is 2.35. The first-order valence-electron chi connectivity index (χ1n) is 4.27. The second-order valence-electron chi connectivity index (χ2n) is 3.04. The fraction of sp³-hybridized carbons (Fsp3) is 0. The van der Waals surface area contributed by atoms with Crippen molar-refractivity contribution in [1.82, 2.24) is 9.97 Å². The number of rotatable bonds is 1. The van der Waals surface area contributed by atoms with Crippen LogP contribution in [0.1, 0.15) is 0 Å². The lowest BCUT2D eigenvalue weighted by atomic mass is 10.1. The summed E-state index contributed by atoms with van der Waals surface area (Å²) in [5, 5.41) is 1.05. The zero-order chi connectivity index (χ0) is 11.7. The minimum Gasteiger partial charge on any atom is -0.313 e. The number of nitrogens with one attached hydrogen (secondary N) is 1. The third-order valence-electron chi connectivity index (χ3n) is 1.99. The molecule has 0 atom stereocenters. The first-order valence-corrected chi connectivity index (χ1v) is 5.40. The van der Waals surface area contributed by atoms with Crippen LogP contribution in [0.15, 0.2) is 29.5 Å². The van der Waals surface area contributed by atoms with E-state index < -0.39 is 0 Å². The third kappa shape index (κ3) is 2.07. The summed E-state index contributed by atoms with van der Waals surface area (Å²) in [4.78, 5) is 17.8. The van der Waals surface area contributed by atoms with Gasteiger partial charge in [-0.25, -0.2) is 4.98 Å². The van der Waals surface area contributed by atoms with E-state index in [0.717, 1.165) is 0 Å². The van der Waals surface area contributed by atoms with Gasteiger partial charge in [-0.1, -0.05) is 34.8 Å². The largest absolute Gasteiger partial charge is 0.313 e. The lowest BCUT2D eigenvalue weighted by molar-refractivity contribution is 1.12. The van der Waals surface area contributed by atoms with Crippen LogP contribution in [0.3, 0.4) is 0 Å². The van der Waals surface area contributed by atoms with E-state index in [2.05, 4.69) is 9.97 Å². The molecule has 0 spiro atoms. The zero-order valence-corrected chi connectivity index (χ0v) is 10.1. The molecule has 1 heterocycles. The van der Waals surface area contributed by atoms with Crippen LogP contribution >= 0.6 is 34.8 Å². The average molecular weight is 276 g/mol. The van der Waals surface area contributed by atoms with Crippen LogP contribution in [0.2, 0.25) is 15.1 Å². The molecule has 6 heteroatoms. The van der Waals surface area contributed by atoms with Crippen molar-refractivity contribution < 1.29 is 0 Å². The van der Waals surface area contributed by atoms with E-state index in [4.69, 9.17) is 34.8 Å². The molecule has 0 radical (unpaired) electrons. The van der Waals surface area contributed by atoms with Crippen LogP contribution in [0.4, 0.5) is 0 Å². The van der Waals surface area contributed by atoms with Crippen molar-refractivity contribution in [2.45, 2.75) is 0 Å². The maximum atomic E-state index is 11.6. The van der Waals surface area contributed by atoms with Crippen LogP contribution in [-0.2, 0) is 0 Å². The van der Waals surface area contributed by atoms with Gasteiger partial charge in [0.1, 0.15) is 0 Å². The molecule has 1 aromatic heterocycles. The molecule has 0 unspecified atom stereocenters. The summed E-state index contributed by atoms with van der Waals surface area (Å²) in [7, 11) is 0. The van der Waals surface area contributed by atoms with Crippen LogP contribution in [0.5, 0.6) is 0 Å². The van der Waals surface area contributed by atoms with E-state index in [1.165, 1.54) is 24.7 Å². The van der Waals surface area contributed by atoms with Gasteiger partial charge in [-0.15, -0.1) is 0 Å². The molecule has 3 nitrogen and oxygen atoms in total. The standard InChI is InChI=1S/C10H5Cl3N2O/c11-5-1-7(12)9(8(13)2-5)6-3-14-4-15-10(6)16/h1-4H,(H,14,15,16). The number of benzene rings is 1. The van der Waals surface area contributed by atoms with E-state index in [-0.39, 0.29) is 5.56 Å².